The van der Waals surface area contributed by atoms with E-state index in [2.05, 4.69) is 46.1 Å². The quantitative estimate of drug-likeness (QED) is 0.715. The van der Waals surface area contributed by atoms with E-state index in [0.29, 0.717) is 17.2 Å². The molecule has 1 saturated heterocycles. The van der Waals surface area contributed by atoms with Gasteiger partial charge in [-0.2, -0.15) is 0 Å². The number of hydrogen-bond acceptors (Lipinski definition) is 2. The molecule has 14 heavy (non-hydrogen) atoms. The summed E-state index contributed by atoms with van der Waals surface area (Å²) < 4.78 is 6.31. The second kappa shape index (κ2) is 3.95. The van der Waals surface area contributed by atoms with Crippen LogP contribution in [0.5, 0.6) is 0 Å². The van der Waals surface area contributed by atoms with E-state index in [1.807, 2.05) is 0 Å². The van der Waals surface area contributed by atoms with Gasteiger partial charge in [0.2, 0.25) is 0 Å². The van der Waals surface area contributed by atoms with Crippen LogP contribution in [0.2, 0.25) is 18.1 Å². The van der Waals surface area contributed by atoms with Gasteiger partial charge in [-0.3, -0.25) is 0 Å². The Morgan fingerprint density at radius 2 is 1.86 bits per heavy atom. The maximum atomic E-state index is 6.31. The second-order valence-electron chi connectivity index (χ2n) is 6.05. The molecule has 1 heterocycles. The third kappa shape index (κ3) is 2.81. The molecule has 3 heteroatoms. The number of nitrogens with one attached hydrogen (secondary N) is 1. The lowest BCUT2D eigenvalue weighted by atomic mass is 10.2. The molecule has 0 aliphatic carbocycles. The summed E-state index contributed by atoms with van der Waals surface area (Å²) in [7, 11) is -1.54. The minimum absolute atomic E-state index is 0.332. The minimum atomic E-state index is -1.54. The van der Waals surface area contributed by atoms with Gasteiger partial charge in [0, 0.05) is 12.6 Å². The standard InChI is InChI=1S/C11H25NOSi/c1-9-7-10(8-12-9)13-14(5,6)11(2,3)4/h9-10,12H,7-8H2,1-6H3/t9-,10+/m1/s1. The van der Waals surface area contributed by atoms with Crippen LogP contribution in [-0.2, 0) is 4.43 Å². The van der Waals surface area contributed by atoms with Crippen molar-refractivity contribution in [2.75, 3.05) is 6.54 Å². The van der Waals surface area contributed by atoms with Crippen molar-refractivity contribution in [1.29, 1.82) is 0 Å². The molecular weight excluding hydrogens is 190 g/mol. The Balaban J connectivity index is 2.51. The fourth-order valence-electron chi connectivity index (χ4n) is 1.58. The van der Waals surface area contributed by atoms with Gasteiger partial charge in [0.1, 0.15) is 0 Å². The average molecular weight is 215 g/mol. The Kier molecular flexibility index (Phi) is 3.44. The van der Waals surface area contributed by atoms with Crippen LogP contribution in [0.1, 0.15) is 34.1 Å². The molecule has 0 spiro atoms. The molecule has 0 radical (unpaired) electrons. The summed E-state index contributed by atoms with van der Waals surface area (Å²) in [5.74, 6) is 0. The van der Waals surface area contributed by atoms with Gasteiger partial charge in [-0.25, -0.2) is 0 Å². The summed E-state index contributed by atoms with van der Waals surface area (Å²) in [5, 5.41) is 3.77. The monoisotopic (exact) mass is 215 g/mol. The minimum Gasteiger partial charge on any atom is -0.413 e. The molecule has 1 rings (SSSR count). The predicted molar refractivity (Wildman–Crippen MR) is 64.2 cm³/mol. The van der Waals surface area contributed by atoms with Crippen molar-refractivity contribution in [2.24, 2.45) is 0 Å². The molecule has 0 saturated carbocycles. The van der Waals surface area contributed by atoms with E-state index in [-0.39, 0.29) is 0 Å². The molecular formula is C11H25NOSi. The van der Waals surface area contributed by atoms with E-state index >= 15 is 0 Å². The molecule has 1 aliphatic rings. The molecule has 2 nitrogen and oxygen atoms in total. The highest BCUT2D eigenvalue weighted by Gasteiger charge is 2.40. The maximum Gasteiger partial charge on any atom is 0.192 e. The van der Waals surface area contributed by atoms with E-state index in [0.717, 1.165) is 6.54 Å². The molecule has 1 N–H and O–H groups in total. The molecule has 0 aromatic carbocycles. The first-order valence-corrected chi connectivity index (χ1v) is 8.54. The van der Waals surface area contributed by atoms with Crippen LogP contribution in [0.15, 0.2) is 0 Å². The topological polar surface area (TPSA) is 21.3 Å². The van der Waals surface area contributed by atoms with Crippen molar-refractivity contribution < 1.29 is 4.43 Å². The van der Waals surface area contributed by atoms with Crippen LogP contribution in [0, 0.1) is 0 Å². The smallest absolute Gasteiger partial charge is 0.192 e. The molecule has 0 amide bonds. The second-order valence-corrected chi connectivity index (χ2v) is 10.8. The summed E-state index contributed by atoms with van der Waals surface area (Å²) in [4.78, 5) is 0. The Labute approximate surface area is 89.6 Å². The largest absolute Gasteiger partial charge is 0.413 e. The zero-order chi connectivity index (χ0) is 11.0. The van der Waals surface area contributed by atoms with Gasteiger partial charge in [0.15, 0.2) is 8.32 Å². The predicted octanol–water partition coefficient (Wildman–Crippen LogP) is 2.76. The molecule has 1 fully saturated rings. The van der Waals surface area contributed by atoms with Crippen molar-refractivity contribution in [3.63, 3.8) is 0 Å². The third-order valence-electron chi connectivity index (χ3n) is 3.58. The van der Waals surface area contributed by atoms with Crippen LogP contribution >= 0.6 is 0 Å². The fraction of sp³-hybridized carbons (Fsp3) is 1.00. The zero-order valence-electron chi connectivity index (χ0n) is 10.5. The van der Waals surface area contributed by atoms with Gasteiger partial charge in [-0.05, 0) is 31.5 Å². The third-order valence-corrected chi connectivity index (χ3v) is 8.11. The van der Waals surface area contributed by atoms with Crippen LogP contribution in [-0.4, -0.2) is 27.0 Å². The first-order chi connectivity index (χ1) is 6.22. The van der Waals surface area contributed by atoms with E-state index in [9.17, 15) is 0 Å². The fourth-order valence-corrected chi connectivity index (χ4v) is 2.94. The number of rotatable bonds is 2. The molecule has 1 aliphatic heterocycles. The van der Waals surface area contributed by atoms with Crippen LogP contribution in [0.25, 0.3) is 0 Å². The van der Waals surface area contributed by atoms with Gasteiger partial charge >= 0.3 is 0 Å². The van der Waals surface area contributed by atoms with E-state index in [4.69, 9.17) is 4.43 Å². The van der Waals surface area contributed by atoms with E-state index in [1.165, 1.54) is 6.42 Å². The lowest BCUT2D eigenvalue weighted by molar-refractivity contribution is 0.198. The lowest BCUT2D eigenvalue weighted by Crippen LogP contribution is -2.44. The Hall–Kier alpha value is 0.137. The summed E-state index contributed by atoms with van der Waals surface area (Å²) >= 11 is 0. The van der Waals surface area contributed by atoms with E-state index in [1.54, 1.807) is 0 Å². The van der Waals surface area contributed by atoms with Crippen LogP contribution in [0.4, 0.5) is 0 Å². The summed E-state index contributed by atoms with van der Waals surface area (Å²) in [5.41, 5.74) is 0. The van der Waals surface area contributed by atoms with Gasteiger partial charge in [0.05, 0.1) is 6.10 Å². The molecule has 2 atom stereocenters. The van der Waals surface area contributed by atoms with Crippen LogP contribution in [0.3, 0.4) is 0 Å². The van der Waals surface area contributed by atoms with Crippen molar-refractivity contribution in [2.45, 2.75) is 64.4 Å². The van der Waals surface area contributed by atoms with Crippen molar-refractivity contribution in [3.8, 4) is 0 Å². The molecule has 0 aromatic heterocycles. The maximum absolute atomic E-state index is 6.31. The normalized spacial score (nSPS) is 29.6. The SMILES string of the molecule is C[C@@H]1C[C@H](O[Si](C)(C)C(C)(C)C)CN1. The Morgan fingerprint density at radius 1 is 1.29 bits per heavy atom. The molecule has 0 unspecified atom stereocenters. The summed E-state index contributed by atoms with van der Waals surface area (Å²) in [6.45, 7) is 14.8. The molecule has 84 valence electrons. The highest BCUT2D eigenvalue weighted by molar-refractivity contribution is 6.74. The van der Waals surface area contributed by atoms with Crippen molar-refractivity contribution in [3.05, 3.63) is 0 Å². The van der Waals surface area contributed by atoms with Crippen LogP contribution < -0.4 is 5.32 Å². The zero-order valence-corrected chi connectivity index (χ0v) is 11.5. The average Bonchev–Trinajstić information content (AvgIpc) is 2.31. The van der Waals surface area contributed by atoms with Gasteiger partial charge < -0.3 is 9.74 Å². The Morgan fingerprint density at radius 3 is 2.21 bits per heavy atom. The lowest BCUT2D eigenvalue weighted by Gasteiger charge is -2.38. The summed E-state index contributed by atoms with van der Waals surface area (Å²) in [6, 6.07) is 0.629. The van der Waals surface area contributed by atoms with Gasteiger partial charge in [0.25, 0.3) is 0 Å². The van der Waals surface area contributed by atoms with Gasteiger partial charge in [-0.1, -0.05) is 20.8 Å². The first-order valence-electron chi connectivity index (χ1n) is 5.63. The number of hydrogen-bond donors (Lipinski definition) is 1. The first kappa shape index (κ1) is 12.2. The van der Waals surface area contributed by atoms with Crippen molar-refractivity contribution in [1.82, 2.24) is 5.32 Å². The van der Waals surface area contributed by atoms with Crippen molar-refractivity contribution >= 4 is 8.32 Å². The molecule has 0 aromatic rings. The van der Waals surface area contributed by atoms with E-state index < -0.39 is 8.32 Å². The summed E-state index contributed by atoms with van der Waals surface area (Å²) in [6.07, 6.45) is 1.62. The Bertz CT molecular complexity index is 198. The highest BCUT2D eigenvalue weighted by atomic mass is 28.4. The molecule has 0 bridgehead atoms. The highest BCUT2D eigenvalue weighted by Crippen LogP contribution is 2.38. The van der Waals surface area contributed by atoms with Gasteiger partial charge in [-0.15, -0.1) is 0 Å².